The van der Waals surface area contributed by atoms with Crippen molar-refractivity contribution in [1.29, 1.82) is 0 Å². The van der Waals surface area contributed by atoms with Crippen LogP contribution in [0.1, 0.15) is 11.1 Å². The lowest BCUT2D eigenvalue weighted by molar-refractivity contribution is -0.138. The summed E-state index contributed by atoms with van der Waals surface area (Å²) in [4.78, 5) is 4.00. The highest BCUT2D eigenvalue weighted by molar-refractivity contribution is 6.32. The molecule has 0 aliphatic carbocycles. The molecule has 3 rings (SSSR count). The Kier molecular flexibility index (Phi) is 4.90. The molecule has 8 heteroatoms. The van der Waals surface area contributed by atoms with Crippen LogP contribution in [-0.4, -0.2) is 4.98 Å². The summed E-state index contributed by atoms with van der Waals surface area (Å²) in [5.74, 6) is 0. The van der Waals surface area contributed by atoms with Crippen LogP contribution in [0.4, 0.5) is 26.3 Å². The Morgan fingerprint density at radius 1 is 0.630 bits per heavy atom. The van der Waals surface area contributed by atoms with Gasteiger partial charge >= 0.3 is 12.4 Å². The number of nitrogens with zero attached hydrogens (tertiary/aromatic N) is 1. The zero-order chi connectivity index (χ0) is 19.8. The van der Waals surface area contributed by atoms with Gasteiger partial charge in [-0.25, -0.2) is 4.98 Å². The summed E-state index contributed by atoms with van der Waals surface area (Å²) in [5, 5.41) is 0.0745. The molecule has 0 atom stereocenters. The minimum Gasteiger partial charge on any atom is -0.243 e. The predicted molar refractivity (Wildman–Crippen MR) is 90.1 cm³/mol. The van der Waals surface area contributed by atoms with Gasteiger partial charge in [0.1, 0.15) is 5.15 Å². The molecule has 1 aromatic heterocycles. The average molecular weight is 402 g/mol. The molecule has 0 radical (unpaired) electrons. The first-order valence-electron chi connectivity index (χ1n) is 7.56. The van der Waals surface area contributed by atoms with Gasteiger partial charge in [0, 0.05) is 17.3 Å². The van der Waals surface area contributed by atoms with Gasteiger partial charge in [-0.05, 0) is 41.5 Å². The Labute approximate surface area is 155 Å². The lowest BCUT2D eigenvalue weighted by Gasteiger charge is -2.11. The van der Waals surface area contributed by atoms with Crippen LogP contribution in [0.2, 0.25) is 5.15 Å². The van der Waals surface area contributed by atoms with Crippen LogP contribution >= 0.6 is 11.6 Å². The van der Waals surface area contributed by atoms with Gasteiger partial charge in [0.05, 0.1) is 11.1 Å². The second kappa shape index (κ2) is 6.88. The van der Waals surface area contributed by atoms with Gasteiger partial charge in [0.15, 0.2) is 0 Å². The maximum Gasteiger partial charge on any atom is 0.416 e. The van der Waals surface area contributed by atoms with E-state index in [2.05, 4.69) is 4.98 Å². The summed E-state index contributed by atoms with van der Waals surface area (Å²) in [6.07, 6.45) is -7.51. The Morgan fingerprint density at radius 2 is 1.07 bits per heavy atom. The van der Waals surface area contributed by atoms with Gasteiger partial charge in [-0.2, -0.15) is 26.3 Å². The number of pyridine rings is 1. The van der Waals surface area contributed by atoms with E-state index in [4.69, 9.17) is 11.6 Å². The van der Waals surface area contributed by atoms with Crippen LogP contribution < -0.4 is 0 Å². The molecule has 0 fully saturated rings. The first-order valence-corrected chi connectivity index (χ1v) is 7.94. The van der Waals surface area contributed by atoms with Gasteiger partial charge in [-0.3, -0.25) is 0 Å². The van der Waals surface area contributed by atoms with Crippen molar-refractivity contribution in [2.75, 3.05) is 0 Å². The van der Waals surface area contributed by atoms with Crippen LogP contribution in [0, 0.1) is 0 Å². The quantitative estimate of drug-likeness (QED) is 0.329. The molecular weight excluding hydrogens is 392 g/mol. The van der Waals surface area contributed by atoms with E-state index >= 15 is 0 Å². The standard InChI is InChI=1S/C19H10ClF6N/c20-17-16(12-3-7-15(8-4-12)19(24,25)26)9-13(10-27-17)11-1-5-14(6-2-11)18(21,22)23/h1-10H. The third-order valence-corrected chi connectivity index (χ3v) is 4.21. The van der Waals surface area contributed by atoms with Crippen molar-refractivity contribution in [3.63, 3.8) is 0 Å². The monoisotopic (exact) mass is 401 g/mol. The highest BCUT2D eigenvalue weighted by Crippen LogP contribution is 2.35. The van der Waals surface area contributed by atoms with E-state index in [1.54, 1.807) is 6.07 Å². The molecule has 1 heterocycles. The van der Waals surface area contributed by atoms with E-state index in [0.29, 0.717) is 22.3 Å². The van der Waals surface area contributed by atoms with E-state index in [9.17, 15) is 26.3 Å². The lowest BCUT2D eigenvalue weighted by atomic mass is 10.00. The summed E-state index contributed by atoms with van der Waals surface area (Å²) >= 11 is 6.05. The smallest absolute Gasteiger partial charge is 0.243 e. The molecule has 0 aliphatic rings. The summed E-state index contributed by atoms with van der Waals surface area (Å²) in [5.41, 5.74) is 0.172. The Hall–Kier alpha value is -2.54. The zero-order valence-electron chi connectivity index (χ0n) is 13.4. The fraction of sp³-hybridized carbons (Fsp3) is 0.105. The number of rotatable bonds is 2. The van der Waals surface area contributed by atoms with Crippen LogP contribution in [-0.2, 0) is 12.4 Å². The molecule has 0 saturated carbocycles. The molecule has 0 aliphatic heterocycles. The highest BCUT2D eigenvalue weighted by Gasteiger charge is 2.30. The summed E-state index contributed by atoms with van der Waals surface area (Å²) in [6, 6.07) is 10.4. The molecule has 0 spiro atoms. The average Bonchev–Trinajstić information content (AvgIpc) is 2.61. The number of alkyl halides is 6. The Morgan fingerprint density at radius 3 is 1.52 bits per heavy atom. The van der Waals surface area contributed by atoms with E-state index in [1.807, 2.05) is 0 Å². The fourth-order valence-corrected chi connectivity index (χ4v) is 2.71. The predicted octanol–water partition coefficient (Wildman–Crippen LogP) is 7.11. The topological polar surface area (TPSA) is 12.9 Å². The van der Waals surface area contributed by atoms with Crippen LogP contribution in [0.25, 0.3) is 22.3 Å². The molecule has 0 amide bonds. The molecule has 2 aromatic carbocycles. The normalized spacial score (nSPS) is 12.3. The van der Waals surface area contributed by atoms with Gasteiger partial charge in [0.25, 0.3) is 0 Å². The number of aromatic nitrogens is 1. The van der Waals surface area contributed by atoms with Crippen molar-refractivity contribution in [3.05, 3.63) is 77.1 Å². The molecule has 0 N–H and O–H groups in total. The zero-order valence-corrected chi connectivity index (χ0v) is 14.1. The molecular formula is C19H10ClF6N. The molecule has 0 bridgehead atoms. The van der Waals surface area contributed by atoms with Gasteiger partial charge < -0.3 is 0 Å². The summed E-state index contributed by atoms with van der Waals surface area (Å²) in [7, 11) is 0. The van der Waals surface area contributed by atoms with E-state index < -0.39 is 23.5 Å². The first kappa shape index (κ1) is 19.2. The SMILES string of the molecule is FC(F)(F)c1ccc(-c2cnc(Cl)c(-c3ccc(C(F)(F)F)cc3)c2)cc1. The molecule has 27 heavy (non-hydrogen) atoms. The van der Waals surface area contributed by atoms with Crippen molar-refractivity contribution in [1.82, 2.24) is 4.98 Å². The molecule has 3 aromatic rings. The van der Waals surface area contributed by atoms with Crippen molar-refractivity contribution >= 4 is 11.6 Å². The number of halogens is 7. The number of hydrogen-bond donors (Lipinski definition) is 0. The van der Waals surface area contributed by atoms with Crippen LogP contribution in [0.5, 0.6) is 0 Å². The second-order valence-corrected chi connectivity index (χ2v) is 6.07. The van der Waals surface area contributed by atoms with Crippen LogP contribution in [0.15, 0.2) is 60.8 Å². The third-order valence-electron chi connectivity index (χ3n) is 3.91. The molecule has 0 unspecified atom stereocenters. The van der Waals surface area contributed by atoms with Crippen LogP contribution in [0.3, 0.4) is 0 Å². The van der Waals surface area contributed by atoms with Crippen molar-refractivity contribution < 1.29 is 26.3 Å². The van der Waals surface area contributed by atoms with Crippen molar-refractivity contribution in [3.8, 4) is 22.3 Å². The first-order chi connectivity index (χ1) is 12.6. The minimum atomic E-state index is -4.46. The Balaban J connectivity index is 1.97. The lowest BCUT2D eigenvalue weighted by Crippen LogP contribution is -2.04. The van der Waals surface area contributed by atoms with Crippen molar-refractivity contribution in [2.24, 2.45) is 0 Å². The van der Waals surface area contributed by atoms with E-state index in [-0.39, 0.29) is 5.15 Å². The summed E-state index contributed by atoms with van der Waals surface area (Å²) < 4.78 is 76.1. The van der Waals surface area contributed by atoms with Crippen molar-refractivity contribution in [2.45, 2.75) is 12.4 Å². The number of hydrogen-bond acceptors (Lipinski definition) is 1. The largest absolute Gasteiger partial charge is 0.416 e. The fourth-order valence-electron chi connectivity index (χ4n) is 2.50. The third kappa shape index (κ3) is 4.24. The minimum absolute atomic E-state index is 0.0745. The molecule has 0 saturated heterocycles. The summed E-state index contributed by atoms with van der Waals surface area (Å²) in [6.45, 7) is 0. The van der Waals surface area contributed by atoms with Gasteiger partial charge in [0.2, 0.25) is 0 Å². The molecule has 140 valence electrons. The highest BCUT2D eigenvalue weighted by atomic mass is 35.5. The van der Waals surface area contributed by atoms with Gasteiger partial charge in [-0.15, -0.1) is 0 Å². The van der Waals surface area contributed by atoms with E-state index in [0.717, 1.165) is 24.3 Å². The Bertz CT molecular complexity index is 944. The van der Waals surface area contributed by atoms with E-state index in [1.165, 1.54) is 30.5 Å². The maximum absolute atomic E-state index is 12.7. The van der Waals surface area contributed by atoms with Gasteiger partial charge in [-0.1, -0.05) is 35.9 Å². The maximum atomic E-state index is 12.7. The number of benzene rings is 2. The second-order valence-electron chi connectivity index (χ2n) is 5.71. The molecule has 1 nitrogen and oxygen atoms in total.